The van der Waals surface area contributed by atoms with Crippen LogP contribution in [0.2, 0.25) is 0 Å². The van der Waals surface area contributed by atoms with Crippen LogP contribution in [0.25, 0.3) is 0 Å². The van der Waals surface area contributed by atoms with Crippen LogP contribution in [0.4, 0.5) is 4.39 Å². The standard InChI is InChI=1S/C10H8FNO2S/c1-2-14-10(13)9-7(11)3-6(5-12)4-8(9)15/h3-4,15H,2H2,1H3. The van der Waals surface area contributed by atoms with Crippen molar-refractivity contribution >= 4 is 18.6 Å². The fourth-order valence-corrected chi connectivity index (χ4v) is 1.40. The largest absolute Gasteiger partial charge is 0.462 e. The molecule has 1 aromatic rings. The molecule has 0 unspecified atom stereocenters. The zero-order chi connectivity index (χ0) is 11.4. The molecule has 0 radical (unpaired) electrons. The monoisotopic (exact) mass is 225 g/mol. The Kier molecular flexibility index (Phi) is 3.69. The minimum Gasteiger partial charge on any atom is -0.462 e. The van der Waals surface area contributed by atoms with E-state index in [0.717, 1.165) is 6.07 Å². The normalized spacial score (nSPS) is 9.47. The first-order valence-electron chi connectivity index (χ1n) is 4.19. The van der Waals surface area contributed by atoms with Crippen molar-refractivity contribution in [2.24, 2.45) is 0 Å². The summed E-state index contributed by atoms with van der Waals surface area (Å²) in [7, 11) is 0. The van der Waals surface area contributed by atoms with E-state index in [9.17, 15) is 9.18 Å². The lowest BCUT2D eigenvalue weighted by Gasteiger charge is -2.06. The van der Waals surface area contributed by atoms with E-state index >= 15 is 0 Å². The van der Waals surface area contributed by atoms with Crippen LogP contribution in [0, 0.1) is 17.1 Å². The smallest absolute Gasteiger partial charge is 0.342 e. The summed E-state index contributed by atoms with van der Waals surface area (Å²) >= 11 is 3.93. The summed E-state index contributed by atoms with van der Waals surface area (Å²) in [5.74, 6) is -1.57. The fraction of sp³-hybridized carbons (Fsp3) is 0.200. The van der Waals surface area contributed by atoms with Gasteiger partial charge in [-0.05, 0) is 19.1 Å². The summed E-state index contributed by atoms with van der Waals surface area (Å²) < 4.78 is 18.0. The van der Waals surface area contributed by atoms with Crippen molar-refractivity contribution < 1.29 is 13.9 Å². The highest BCUT2D eigenvalue weighted by Crippen LogP contribution is 2.20. The van der Waals surface area contributed by atoms with Gasteiger partial charge in [0, 0.05) is 4.90 Å². The number of esters is 1. The van der Waals surface area contributed by atoms with Gasteiger partial charge in [-0.2, -0.15) is 5.26 Å². The third-order valence-corrected chi connectivity index (χ3v) is 2.03. The van der Waals surface area contributed by atoms with Crippen LogP contribution >= 0.6 is 12.6 Å². The van der Waals surface area contributed by atoms with Crippen molar-refractivity contribution in [3.8, 4) is 6.07 Å². The molecule has 1 aromatic carbocycles. The Morgan fingerprint density at radius 2 is 2.33 bits per heavy atom. The molecular formula is C10H8FNO2S. The summed E-state index contributed by atoms with van der Waals surface area (Å²) in [6, 6.07) is 4.06. The maximum atomic E-state index is 13.4. The van der Waals surface area contributed by atoms with E-state index < -0.39 is 11.8 Å². The molecule has 1 rings (SSSR count). The molecule has 0 heterocycles. The number of rotatable bonds is 2. The van der Waals surface area contributed by atoms with Crippen LogP contribution < -0.4 is 0 Å². The lowest BCUT2D eigenvalue weighted by atomic mass is 10.1. The van der Waals surface area contributed by atoms with E-state index in [1.807, 2.05) is 0 Å². The first-order valence-corrected chi connectivity index (χ1v) is 4.64. The molecule has 0 saturated carbocycles. The predicted molar refractivity (Wildman–Crippen MR) is 54.3 cm³/mol. The number of nitrogens with zero attached hydrogens (tertiary/aromatic N) is 1. The first kappa shape index (κ1) is 11.5. The Bertz CT molecular complexity index is 417. The average Bonchev–Trinajstić information content (AvgIpc) is 2.16. The van der Waals surface area contributed by atoms with Crippen molar-refractivity contribution in [3.05, 3.63) is 29.1 Å². The Labute approximate surface area is 91.9 Å². The molecule has 3 nitrogen and oxygen atoms in total. The molecule has 0 aliphatic rings. The molecule has 0 fully saturated rings. The Hall–Kier alpha value is -1.54. The first-order chi connectivity index (χ1) is 7.10. The molecule has 0 atom stereocenters. The number of nitriles is 1. The number of ether oxygens (including phenoxy) is 1. The van der Waals surface area contributed by atoms with E-state index in [1.54, 1.807) is 13.0 Å². The molecule has 0 aliphatic heterocycles. The molecular weight excluding hydrogens is 217 g/mol. The van der Waals surface area contributed by atoms with Crippen LogP contribution in [0.5, 0.6) is 0 Å². The number of carbonyl (C=O) groups excluding carboxylic acids is 1. The Balaban J connectivity index is 3.21. The highest BCUT2D eigenvalue weighted by atomic mass is 32.1. The lowest BCUT2D eigenvalue weighted by Crippen LogP contribution is -2.08. The minimum absolute atomic E-state index is 0.102. The Morgan fingerprint density at radius 3 is 2.80 bits per heavy atom. The molecule has 0 bridgehead atoms. The molecule has 5 heteroatoms. The van der Waals surface area contributed by atoms with Gasteiger partial charge in [0.1, 0.15) is 11.4 Å². The molecule has 0 amide bonds. The number of carbonyl (C=O) groups is 1. The van der Waals surface area contributed by atoms with Crippen molar-refractivity contribution in [2.75, 3.05) is 6.61 Å². The molecule has 0 aromatic heterocycles. The topological polar surface area (TPSA) is 50.1 Å². The summed E-state index contributed by atoms with van der Waals surface area (Å²) in [6.07, 6.45) is 0. The SMILES string of the molecule is CCOC(=O)c1c(F)cc(C#N)cc1S. The van der Waals surface area contributed by atoms with Gasteiger partial charge in [-0.15, -0.1) is 12.6 Å². The van der Waals surface area contributed by atoms with E-state index in [0.29, 0.717) is 0 Å². The lowest BCUT2D eigenvalue weighted by molar-refractivity contribution is 0.0517. The maximum Gasteiger partial charge on any atom is 0.342 e. The predicted octanol–water partition coefficient (Wildman–Crippen LogP) is 2.16. The summed E-state index contributed by atoms with van der Waals surface area (Å²) in [5.41, 5.74) is -0.121. The summed E-state index contributed by atoms with van der Waals surface area (Å²) in [5, 5.41) is 8.55. The van der Waals surface area contributed by atoms with E-state index in [1.165, 1.54) is 6.07 Å². The van der Waals surface area contributed by atoms with Gasteiger partial charge in [0.25, 0.3) is 0 Å². The summed E-state index contributed by atoms with van der Waals surface area (Å²) in [4.78, 5) is 11.4. The molecule has 78 valence electrons. The Morgan fingerprint density at radius 1 is 1.67 bits per heavy atom. The van der Waals surface area contributed by atoms with E-state index in [2.05, 4.69) is 17.4 Å². The fourth-order valence-electron chi connectivity index (χ4n) is 1.06. The van der Waals surface area contributed by atoms with E-state index in [4.69, 9.17) is 5.26 Å². The minimum atomic E-state index is -0.794. The summed E-state index contributed by atoms with van der Waals surface area (Å²) in [6.45, 7) is 1.78. The molecule has 0 N–H and O–H groups in total. The van der Waals surface area contributed by atoms with Crippen LogP contribution in [0.3, 0.4) is 0 Å². The maximum absolute atomic E-state index is 13.4. The zero-order valence-electron chi connectivity index (χ0n) is 7.95. The second kappa shape index (κ2) is 4.80. The van der Waals surface area contributed by atoms with Gasteiger partial charge in [0.2, 0.25) is 0 Å². The highest BCUT2D eigenvalue weighted by Gasteiger charge is 2.17. The van der Waals surface area contributed by atoms with Gasteiger partial charge in [-0.25, -0.2) is 9.18 Å². The van der Waals surface area contributed by atoms with Gasteiger partial charge in [-0.1, -0.05) is 0 Å². The number of benzene rings is 1. The van der Waals surface area contributed by atoms with Crippen molar-refractivity contribution in [1.82, 2.24) is 0 Å². The van der Waals surface area contributed by atoms with Crippen LogP contribution in [0.1, 0.15) is 22.8 Å². The third kappa shape index (κ3) is 2.48. The van der Waals surface area contributed by atoms with Gasteiger partial charge in [-0.3, -0.25) is 0 Å². The number of hydrogen-bond acceptors (Lipinski definition) is 4. The van der Waals surface area contributed by atoms with E-state index in [-0.39, 0.29) is 22.6 Å². The average molecular weight is 225 g/mol. The van der Waals surface area contributed by atoms with Crippen molar-refractivity contribution in [1.29, 1.82) is 5.26 Å². The van der Waals surface area contributed by atoms with Gasteiger partial charge >= 0.3 is 5.97 Å². The van der Waals surface area contributed by atoms with Crippen LogP contribution in [-0.2, 0) is 4.74 Å². The van der Waals surface area contributed by atoms with Gasteiger partial charge < -0.3 is 4.74 Å². The van der Waals surface area contributed by atoms with Crippen molar-refractivity contribution in [2.45, 2.75) is 11.8 Å². The second-order valence-electron chi connectivity index (χ2n) is 2.68. The quantitative estimate of drug-likeness (QED) is 0.619. The van der Waals surface area contributed by atoms with Crippen LogP contribution in [-0.4, -0.2) is 12.6 Å². The third-order valence-electron chi connectivity index (χ3n) is 1.68. The van der Waals surface area contributed by atoms with Crippen molar-refractivity contribution in [3.63, 3.8) is 0 Å². The molecule has 0 spiro atoms. The molecule has 0 saturated heterocycles. The number of hydrogen-bond donors (Lipinski definition) is 1. The van der Waals surface area contributed by atoms with Gasteiger partial charge in [0.15, 0.2) is 0 Å². The van der Waals surface area contributed by atoms with Gasteiger partial charge in [0.05, 0.1) is 18.2 Å². The molecule has 15 heavy (non-hydrogen) atoms. The molecule has 0 aliphatic carbocycles. The number of thiol groups is 1. The zero-order valence-corrected chi connectivity index (χ0v) is 8.85. The number of halogens is 1. The second-order valence-corrected chi connectivity index (χ2v) is 3.17. The van der Waals surface area contributed by atoms with Crippen LogP contribution in [0.15, 0.2) is 17.0 Å². The highest BCUT2D eigenvalue weighted by molar-refractivity contribution is 7.80.